The smallest absolute Gasteiger partial charge is 0.213 e. The highest BCUT2D eigenvalue weighted by Gasteiger charge is 1.99. The zero-order chi connectivity index (χ0) is 11.8. The van der Waals surface area contributed by atoms with Crippen molar-refractivity contribution in [2.45, 2.75) is 32.9 Å². The molecule has 0 bridgehead atoms. The number of rotatable bonds is 7. The number of aromatic nitrogens is 1. The molecular formula is C13H20N2O. The Labute approximate surface area is 97.5 Å². The lowest BCUT2D eigenvalue weighted by molar-refractivity contribution is 0.312. The van der Waals surface area contributed by atoms with E-state index >= 15 is 0 Å². The van der Waals surface area contributed by atoms with E-state index in [0.29, 0.717) is 18.5 Å². The number of nitrogens with zero attached hydrogens (tertiary/aromatic N) is 1. The summed E-state index contributed by atoms with van der Waals surface area (Å²) in [5.41, 5.74) is 1.19. The molecule has 1 aromatic heterocycles. The van der Waals surface area contributed by atoms with Gasteiger partial charge in [-0.25, -0.2) is 4.98 Å². The van der Waals surface area contributed by atoms with Gasteiger partial charge in [0, 0.05) is 24.8 Å². The first-order valence-electron chi connectivity index (χ1n) is 5.64. The van der Waals surface area contributed by atoms with Gasteiger partial charge in [0.25, 0.3) is 0 Å². The third-order valence-electron chi connectivity index (χ3n) is 2.09. The maximum absolute atomic E-state index is 5.48. The first-order valence-corrected chi connectivity index (χ1v) is 5.64. The fraction of sp³-hybridized carbons (Fsp3) is 0.462. The zero-order valence-corrected chi connectivity index (χ0v) is 10.1. The van der Waals surface area contributed by atoms with Crippen molar-refractivity contribution < 1.29 is 4.74 Å². The molecule has 0 fully saturated rings. The lowest BCUT2D eigenvalue weighted by Crippen LogP contribution is -2.21. The summed E-state index contributed by atoms with van der Waals surface area (Å²) in [6, 6.07) is 4.45. The molecule has 3 heteroatoms. The zero-order valence-electron chi connectivity index (χ0n) is 10.1. The van der Waals surface area contributed by atoms with Crippen LogP contribution >= 0.6 is 0 Å². The molecule has 0 saturated carbocycles. The molecule has 1 aromatic rings. The Hall–Kier alpha value is -1.35. The maximum atomic E-state index is 5.48. The van der Waals surface area contributed by atoms with Crippen molar-refractivity contribution in [3.05, 3.63) is 36.5 Å². The summed E-state index contributed by atoms with van der Waals surface area (Å²) in [6.45, 7) is 9.38. The van der Waals surface area contributed by atoms with E-state index < -0.39 is 0 Å². The average Bonchev–Trinajstić information content (AvgIpc) is 2.27. The molecule has 0 spiro atoms. The Morgan fingerprint density at radius 2 is 2.38 bits per heavy atom. The third kappa shape index (κ3) is 4.94. The van der Waals surface area contributed by atoms with Gasteiger partial charge >= 0.3 is 0 Å². The van der Waals surface area contributed by atoms with Crippen molar-refractivity contribution in [2.24, 2.45) is 0 Å². The monoisotopic (exact) mass is 220 g/mol. The Bertz CT molecular complexity index is 323. The molecule has 1 heterocycles. The maximum Gasteiger partial charge on any atom is 0.213 e. The highest BCUT2D eigenvalue weighted by atomic mass is 16.5. The minimum absolute atomic E-state index is 0.485. The van der Waals surface area contributed by atoms with E-state index in [-0.39, 0.29) is 0 Å². The molecule has 16 heavy (non-hydrogen) atoms. The van der Waals surface area contributed by atoms with E-state index in [1.807, 2.05) is 18.2 Å². The average molecular weight is 220 g/mol. The van der Waals surface area contributed by atoms with Crippen molar-refractivity contribution >= 4 is 0 Å². The van der Waals surface area contributed by atoms with Crippen molar-refractivity contribution in [1.82, 2.24) is 10.3 Å². The van der Waals surface area contributed by atoms with E-state index in [4.69, 9.17) is 4.74 Å². The molecule has 0 saturated heterocycles. The Morgan fingerprint density at radius 1 is 1.56 bits per heavy atom. The summed E-state index contributed by atoms with van der Waals surface area (Å²) >= 11 is 0. The molecule has 0 atom stereocenters. The molecule has 0 aliphatic carbocycles. The third-order valence-corrected chi connectivity index (χ3v) is 2.09. The van der Waals surface area contributed by atoms with Gasteiger partial charge in [-0.2, -0.15) is 0 Å². The van der Waals surface area contributed by atoms with Crippen LogP contribution in [-0.4, -0.2) is 17.6 Å². The van der Waals surface area contributed by atoms with E-state index in [1.165, 1.54) is 5.56 Å². The lowest BCUT2D eigenvalue weighted by Gasteiger charge is -2.09. The molecule has 3 nitrogen and oxygen atoms in total. The van der Waals surface area contributed by atoms with E-state index in [9.17, 15) is 0 Å². The van der Waals surface area contributed by atoms with Crippen LogP contribution in [0.2, 0.25) is 0 Å². The van der Waals surface area contributed by atoms with Crippen LogP contribution in [0.3, 0.4) is 0 Å². The van der Waals surface area contributed by atoms with Crippen molar-refractivity contribution in [3.63, 3.8) is 0 Å². The van der Waals surface area contributed by atoms with Gasteiger partial charge in [-0.15, -0.1) is 6.58 Å². The van der Waals surface area contributed by atoms with Gasteiger partial charge in [-0.1, -0.05) is 19.9 Å². The number of hydrogen-bond donors (Lipinski definition) is 1. The summed E-state index contributed by atoms with van der Waals surface area (Å²) in [5.74, 6) is 0.685. The fourth-order valence-corrected chi connectivity index (χ4v) is 1.21. The van der Waals surface area contributed by atoms with Gasteiger partial charge in [-0.3, -0.25) is 0 Å². The normalized spacial score (nSPS) is 10.4. The summed E-state index contributed by atoms with van der Waals surface area (Å²) in [6.07, 6.45) is 4.46. The van der Waals surface area contributed by atoms with Crippen LogP contribution in [0.1, 0.15) is 25.8 Å². The Kier molecular flexibility index (Phi) is 5.57. The van der Waals surface area contributed by atoms with E-state index in [0.717, 1.165) is 13.0 Å². The minimum Gasteiger partial charge on any atom is -0.477 e. The number of pyridine rings is 1. The summed E-state index contributed by atoms with van der Waals surface area (Å²) < 4.78 is 5.48. The first kappa shape index (κ1) is 12.7. The van der Waals surface area contributed by atoms with Gasteiger partial charge in [0.2, 0.25) is 5.88 Å². The molecule has 1 N–H and O–H groups in total. The van der Waals surface area contributed by atoms with E-state index in [2.05, 4.69) is 30.7 Å². The summed E-state index contributed by atoms with van der Waals surface area (Å²) in [7, 11) is 0. The quantitative estimate of drug-likeness (QED) is 0.566. The Balaban J connectivity index is 2.46. The van der Waals surface area contributed by atoms with Gasteiger partial charge in [-0.05, 0) is 18.1 Å². The van der Waals surface area contributed by atoms with Crippen molar-refractivity contribution in [1.29, 1.82) is 0 Å². The minimum atomic E-state index is 0.485. The SMILES string of the molecule is C=CCCOc1cc(CNC(C)C)ccn1. The highest BCUT2D eigenvalue weighted by molar-refractivity contribution is 5.20. The standard InChI is InChI=1S/C13H20N2O/c1-4-5-8-16-13-9-12(6-7-14-13)10-15-11(2)3/h4,6-7,9,11,15H,1,5,8,10H2,2-3H3. The molecular weight excluding hydrogens is 200 g/mol. The van der Waals surface area contributed by atoms with Crippen LogP contribution in [0, 0.1) is 0 Å². The number of nitrogens with one attached hydrogen (secondary N) is 1. The second-order valence-corrected chi connectivity index (χ2v) is 3.96. The molecule has 0 aliphatic rings. The Morgan fingerprint density at radius 3 is 3.06 bits per heavy atom. The van der Waals surface area contributed by atoms with Crippen LogP contribution in [0.4, 0.5) is 0 Å². The fourth-order valence-electron chi connectivity index (χ4n) is 1.21. The van der Waals surface area contributed by atoms with Crippen LogP contribution in [0.15, 0.2) is 31.0 Å². The van der Waals surface area contributed by atoms with Gasteiger partial charge in [0.05, 0.1) is 6.61 Å². The first-order chi connectivity index (χ1) is 7.72. The molecule has 88 valence electrons. The van der Waals surface area contributed by atoms with Gasteiger partial charge < -0.3 is 10.1 Å². The second-order valence-electron chi connectivity index (χ2n) is 3.96. The largest absolute Gasteiger partial charge is 0.477 e. The van der Waals surface area contributed by atoms with Crippen molar-refractivity contribution in [3.8, 4) is 5.88 Å². The number of hydrogen-bond acceptors (Lipinski definition) is 3. The molecule has 0 radical (unpaired) electrons. The number of ether oxygens (including phenoxy) is 1. The lowest BCUT2D eigenvalue weighted by atomic mass is 10.2. The molecule has 0 unspecified atom stereocenters. The molecule has 0 aliphatic heterocycles. The topological polar surface area (TPSA) is 34.1 Å². The van der Waals surface area contributed by atoms with Gasteiger partial charge in [0.15, 0.2) is 0 Å². The van der Waals surface area contributed by atoms with Crippen LogP contribution in [0.25, 0.3) is 0 Å². The molecule has 0 aromatic carbocycles. The summed E-state index contributed by atoms with van der Waals surface area (Å²) in [4.78, 5) is 4.15. The van der Waals surface area contributed by atoms with Crippen LogP contribution < -0.4 is 10.1 Å². The van der Waals surface area contributed by atoms with Crippen LogP contribution in [-0.2, 0) is 6.54 Å². The van der Waals surface area contributed by atoms with Crippen molar-refractivity contribution in [2.75, 3.05) is 6.61 Å². The molecule has 0 amide bonds. The van der Waals surface area contributed by atoms with Crippen LogP contribution in [0.5, 0.6) is 5.88 Å². The predicted molar refractivity (Wildman–Crippen MR) is 66.5 cm³/mol. The second kappa shape index (κ2) is 7.01. The highest BCUT2D eigenvalue weighted by Crippen LogP contribution is 2.09. The predicted octanol–water partition coefficient (Wildman–Crippen LogP) is 2.53. The molecule has 1 rings (SSSR count). The van der Waals surface area contributed by atoms with E-state index in [1.54, 1.807) is 6.20 Å². The van der Waals surface area contributed by atoms with Gasteiger partial charge in [0.1, 0.15) is 0 Å². The summed E-state index contributed by atoms with van der Waals surface area (Å²) in [5, 5.41) is 3.36.